The smallest absolute Gasteiger partial charge is 0.254 e. The Kier molecular flexibility index (Phi) is 7.24. The lowest BCUT2D eigenvalue weighted by molar-refractivity contribution is -0.128. The van der Waals surface area contributed by atoms with Crippen molar-refractivity contribution in [1.29, 1.82) is 0 Å². The number of hydrogen-bond acceptors (Lipinski definition) is 6. The molecule has 2 N–H and O–H groups in total. The average Bonchev–Trinajstić information content (AvgIpc) is 3.17. The van der Waals surface area contributed by atoms with Crippen molar-refractivity contribution in [3.63, 3.8) is 0 Å². The molecule has 2 aliphatic rings. The minimum absolute atomic E-state index is 0. The molecule has 0 bridgehead atoms. The highest BCUT2D eigenvalue weighted by Crippen LogP contribution is 2.31. The zero-order chi connectivity index (χ0) is 17.9. The third-order valence-electron chi connectivity index (χ3n) is 4.33. The van der Waals surface area contributed by atoms with Crippen molar-refractivity contribution in [1.82, 2.24) is 9.62 Å². The first kappa shape index (κ1) is 20.9. The normalized spacial score (nSPS) is 21.0. The SMILES string of the molecule is COc1cc(NC(=O)C2CNCCO2)ccc1S(=O)(=O)N1CCCC1.Cl. The molecule has 2 aliphatic heterocycles. The zero-order valence-corrected chi connectivity index (χ0v) is 16.2. The molecule has 0 aromatic heterocycles. The second-order valence-corrected chi connectivity index (χ2v) is 7.94. The van der Waals surface area contributed by atoms with E-state index in [0.717, 1.165) is 19.4 Å². The maximum absolute atomic E-state index is 12.7. The zero-order valence-electron chi connectivity index (χ0n) is 14.6. The largest absolute Gasteiger partial charge is 0.495 e. The summed E-state index contributed by atoms with van der Waals surface area (Å²) in [6.45, 7) is 2.70. The van der Waals surface area contributed by atoms with Gasteiger partial charge >= 0.3 is 0 Å². The van der Waals surface area contributed by atoms with Crippen LogP contribution in [0.4, 0.5) is 5.69 Å². The molecule has 3 rings (SSSR count). The van der Waals surface area contributed by atoms with Crippen molar-refractivity contribution < 1.29 is 22.7 Å². The second-order valence-electron chi connectivity index (χ2n) is 6.03. The number of sulfonamides is 1. The minimum atomic E-state index is -3.59. The molecule has 1 atom stereocenters. The molecular weight excluding hydrogens is 382 g/mol. The molecule has 2 heterocycles. The van der Waals surface area contributed by atoms with Crippen molar-refractivity contribution in [3.05, 3.63) is 18.2 Å². The molecule has 2 fully saturated rings. The number of carbonyl (C=O) groups is 1. The molecule has 1 aromatic carbocycles. The van der Waals surface area contributed by atoms with Gasteiger partial charge in [-0.2, -0.15) is 4.31 Å². The number of methoxy groups -OCH3 is 1. The number of halogens is 1. The van der Waals surface area contributed by atoms with Crippen LogP contribution in [0.15, 0.2) is 23.1 Å². The van der Waals surface area contributed by atoms with Crippen molar-refractivity contribution in [2.24, 2.45) is 0 Å². The van der Waals surface area contributed by atoms with E-state index < -0.39 is 16.1 Å². The maximum atomic E-state index is 12.7. The Hall–Kier alpha value is -1.39. The summed E-state index contributed by atoms with van der Waals surface area (Å²) in [5.74, 6) is -0.0585. The van der Waals surface area contributed by atoms with Crippen molar-refractivity contribution in [2.45, 2.75) is 23.8 Å². The van der Waals surface area contributed by atoms with Crippen LogP contribution in [0.5, 0.6) is 5.75 Å². The van der Waals surface area contributed by atoms with Gasteiger partial charge in [-0.1, -0.05) is 0 Å². The van der Waals surface area contributed by atoms with Crippen LogP contribution >= 0.6 is 12.4 Å². The van der Waals surface area contributed by atoms with Gasteiger partial charge in [-0.25, -0.2) is 8.42 Å². The number of hydrogen-bond donors (Lipinski definition) is 2. The van der Waals surface area contributed by atoms with Gasteiger partial charge in [0.05, 0.1) is 13.7 Å². The predicted molar refractivity (Wildman–Crippen MR) is 99.5 cm³/mol. The van der Waals surface area contributed by atoms with E-state index in [-0.39, 0.29) is 29.0 Å². The number of morpholine rings is 1. The molecule has 10 heteroatoms. The number of amides is 1. The fraction of sp³-hybridized carbons (Fsp3) is 0.562. The minimum Gasteiger partial charge on any atom is -0.495 e. The lowest BCUT2D eigenvalue weighted by atomic mass is 10.2. The predicted octanol–water partition coefficient (Wildman–Crippen LogP) is 0.828. The van der Waals surface area contributed by atoms with Crippen LogP contribution in [0.1, 0.15) is 12.8 Å². The van der Waals surface area contributed by atoms with Crippen LogP contribution in [-0.2, 0) is 19.6 Å². The first-order valence-electron chi connectivity index (χ1n) is 8.34. The van der Waals surface area contributed by atoms with E-state index in [1.807, 2.05) is 0 Å². The fourth-order valence-corrected chi connectivity index (χ4v) is 4.64. The van der Waals surface area contributed by atoms with Crippen LogP contribution in [-0.4, -0.2) is 64.6 Å². The first-order chi connectivity index (χ1) is 12.0. The van der Waals surface area contributed by atoms with Crippen LogP contribution in [0, 0.1) is 0 Å². The van der Waals surface area contributed by atoms with Gasteiger partial charge in [0, 0.05) is 37.9 Å². The summed E-state index contributed by atoms with van der Waals surface area (Å²) in [5.41, 5.74) is 0.469. The Labute approximate surface area is 159 Å². The molecule has 0 aliphatic carbocycles. The lowest BCUT2D eigenvalue weighted by Gasteiger charge is -2.23. The molecule has 2 saturated heterocycles. The summed E-state index contributed by atoms with van der Waals surface area (Å²) in [6, 6.07) is 4.57. The summed E-state index contributed by atoms with van der Waals surface area (Å²) in [4.78, 5) is 12.3. The fourth-order valence-electron chi connectivity index (χ4n) is 2.98. The Morgan fingerprint density at radius 3 is 2.69 bits per heavy atom. The van der Waals surface area contributed by atoms with Gasteiger partial charge in [0.15, 0.2) is 0 Å². The molecule has 1 aromatic rings. The topological polar surface area (TPSA) is 97.0 Å². The molecular formula is C16H24ClN3O5S. The third kappa shape index (κ3) is 4.47. The Morgan fingerprint density at radius 2 is 2.08 bits per heavy atom. The van der Waals surface area contributed by atoms with Crippen LogP contribution in [0.2, 0.25) is 0 Å². The standard InChI is InChI=1S/C16H23N3O5S.ClH/c1-23-13-10-12(18-16(20)14-11-17-6-9-24-14)4-5-15(13)25(21,22)19-7-2-3-8-19;/h4-5,10,14,17H,2-3,6-9,11H2,1H3,(H,18,20);1H. The summed E-state index contributed by atoms with van der Waals surface area (Å²) >= 11 is 0. The number of nitrogens with one attached hydrogen (secondary N) is 2. The Bertz CT molecular complexity index is 731. The first-order valence-corrected chi connectivity index (χ1v) is 9.78. The number of ether oxygens (including phenoxy) is 2. The van der Waals surface area contributed by atoms with Gasteiger partial charge in [-0.3, -0.25) is 4.79 Å². The van der Waals surface area contributed by atoms with Gasteiger partial charge in [0.25, 0.3) is 5.91 Å². The van der Waals surface area contributed by atoms with Gasteiger partial charge in [-0.15, -0.1) is 12.4 Å². The number of rotatable bonds is 5. The van der Waals surface area contributed by atoms with E-state index >= 15 is 0 Å². The summed E-state index contributed by atoms with van der Waals surface area (Å²) in [7, 11) is -2.17. The summed E-state index contributed by atoms with van der Waals surface area (Å²) in [6.07, 6.45) is 1.17. The summed E-state index contributed by atoms with van der Waals surface area (Å²) in [5, 5.41) is 5.83. The highest BCUT2D eigenvalue weighted by atomic mass is 35.5. The molecule has 146 valence electrons. The number of nitrogens with zero attached hydrogens (tertiary/aromatic N) is 1. The maximum Gasteiger partial charge on any atom is 0.254 e. The average molecular weight is 406 g/mol. The molecule has 0 spiro atoms. The molecule has 26 heavy (non-hydrogen) atoms. The van der Waals surface area contributed by atoms with Gasteiger partial charge < -0.3 is 20.1 Å². The molecule has 8 nitrogen and oxygen atoms in total. The second kappa shape index (κ2) is 9.01. The van der Waals surface area contributed by atoms with E-state index in [2.05, 4.69) is 10.6 Å². The highest BCUT2D eigenvalue weighted by molar-refractivity contribution is 7.89. The molecule has 0 saturated carbocycles. The number of carbonyl (C=O) groups excluding carboxylic acids is 1. The van der Waals surface area contributed by atoms with Gasteiger partial charge in [-0.05, 0) is 25.0 Å². The number of anilines is 1. The highest BCUT2D eigenvalue weighted by Gasteiger charge is 2.30. The van der Waals surface area contributed by atoms with Crippen LogP contribution < -0.4 is 15.4 Å². The van der Waals surface area contributed by atoms with E-state index in [4.69, 9.17) is 9.47 Å². The van der Waals surface area contributed by atoms with E-state index in [0.29, 0.717) is 31.9 Å². The van der Waals surface area contributed by atoms with E-state index in [1.54, 1.807) is 6.07 Å². The van der Waals surface area contributed by atoms with E-state index in [9.17, 15) is 13.2 Å². The van der Waals surface area contributed by atoms with Gasteiger partial charge in [0.1, 0.15) is 16.7 Å². The van der Waals surface area contributed by atoms with E-state index in [1.165, 1.54) is 23.5 Å². The molecule has 1 unspecified atom stereocenters. The van der Waals surface area contributed by atoms with Crippen LogP contribution in [0.3, 0.4) is 0 Å². The lowest BCUT2D eigenvalue weighted by Crippen LogP contribution is -2.45. The quantitative estimate of drug-likeness (QED) is 0.753. The Morgan fingerprint density at radius 1 is 1.35 bits per heavy atom. The van der Waals surface area contributed by atoms with Crippen LogP contribution in [0.25, 0.3) is 0 Å². The van der Waals surface area contributed by atoms with Crippen molar-refractivity contribution >= 4 is 34.0 Å². The monoisotopic (exact) mass is 405 g/mol. The third-order valence-corrected chi connectivity index (χ3v) is 6.27. The van der Waals surface area contributed by atoms with Crippen molar-refractivity contribution in [3.8, 4) is 5.75 Å². The number of benzene rings is 1. The molecule has 1 amide bonds. The molecule has 0 radical (unpaired) electrons. The van der Waals surface area contributed by atoms with Crippen molar-refractivity contribution in [2.75, 3.05) is 45.2 Å². The Balaban J connectivity index is 0.00000243. The van der Waals surface area contributed by atoms with Gasteiger partial charge in [0.2, 0.25) is 10.0 Å². The summed E-state index contributed by atoms with van der Waals surface area (Å²) < 4.78 is 37.6.